The molecule has 1 aromatic rings. The predicted molar refractivity (Wildman–Crippen MR) is 82.0 cm³/mol. The molecule has 1 unspecified atom stereocenters. The summed E-state index contributed by atoms with van der Waals surface area (Å²) in [6.07, 6.45) is 2.73. The van der Waals surface area contributed by atoms with E-state index in [1.54, 1.807) is 0 Å². The highest BCUT2D eigenvalue weighted by atomic mass is 16.2. The molecule has 6 heteroatoms. The minimum Gasteiger partial charge on any atom is -0.373 e. The summed E-state index contributed by atoms with van der Waals surface area (Å²) in [4.78, 5) is 20.7. The fraction of sp³-hybridized carbons (Fsp3) is 0.643. The molecule has 0 aliphatic carbocycles. The van der Waals surface area contributed by atoms with Crippen molar-refractivity contribution in [2.45, 2.75) is 46.1 Å². The van der Waals surface area contributed by atoms with E-state index in [2.05, 4.69) is 32.8 Å². The second kappa shape index (κ2) is 8.35. The number of hydrogen-bond donors (Lipinski definition) is 3. The lowest BCUT2D eigenvalue weighted by molar-refractivity contribution is -0.121. The highest BCUT2D eigenvalue weighted by Crippen LogP contribution is 2.13. The van der Waals surface area contributed by atoms with Gasteiger partial charge in [-0.15, -0.1) is 0 Å². The van der Waals surface area contributed by atoms with Gasteiger partial charge in [0, 0.05) is 26.1 Å². The summed E-state index contributed by atoms with van der Waals surface area (Å²) < 4.78 is 0. The summed E-state index contributed by atoms with van der Waals surface area (Å²) in [5.41, 5.74) is 0. The van der Waals surface area contributed by atoms with Gasteiger partial charge in [-0.05, 0) is 19.8 Å². The molecule has 0 spiro atoms. The third kappa shape index (κ3) is 5.03. The average Bonchev–Trinajstić information content (AvgIpc) is 2.44. The number of carbonyl (C=O) groups is 1. The quantitative estimate of drug-likeness (QED) is 0.676. The standard InChI is InChI=1S/C14H25N5O/c1-5-7-11-18-12(15-4)9-13(19-11)17-10(3)14(20)16-8-6-2/h9-10H,5-8H2,1-4H3,(H,16,20)(H2,15,17,18,19). The Balaban J connectivity index is 2.74. The number of aryl methyl sites for hydroxylation is 1. The summed E-state index contributed by atoms with van der Waals surface area (Å²) in [5, 5.41) is 8.99. The average molecular weight is 279 g/mol. The summed E-state index contributed by atoms with van der Waals surface area (Å²) in [7, 11) is 1.82. The van der Waals surface area contributed by atoms with Gasteiger partial charge >= 0.3 is 0 Å². The van der Waals surface area contributed by atoms with Crippen LogP contribution in [0.5, 0.6) is 0 Å². The molecule has 0 fully saturated rings. The number of rotatable bonds is 8. The number of amides is 1. The summed E-state index contributed by atoms with van der Waals surface area (Å²) >= 11 is 0. The maximum atomic E-state index is 11.8. The Kier molecular flexibility index (Phi) is 6.76. The zero-order valence-corrected chi connectivity index (χ0v) is 12.8. The van der Waals surface area contributed by atoms with Gasteiger partial charge in [-0.2, -0.15) is 0 Å². The molecule has 3 N–H and O–H groups in total. The van der Waals surface area contributed by atoms with Crippen molar-refractivity contribution >= 4 is 17.5 Å². The van der Waals surface area contributed by atoms with Gasteiger partial charge in [0.1, 0.15) is 23.5 Å². The molecular formula is C14H25N5O. The molecule has 1 rings (SSSR count). The van der Waals surface area contributed by atoms with Crippen LogP contribution in [0.4, 0.5) is 11.6 Å². The van der Waals surface area contributed by atoms with Crippen LogP contribution in [-0.4, -0.2) is 35.5 Å². The first-order valence-electron chi connectivity index (χ1n) is 7.20. The van der Waals surface area contributed by atoms with Crippen molar-refractivity contribution in [2.24, 2.45) is 0 Å². The molecule has 1 aromatic heterocycles. The summed E-state index contributed by atoms with van der Waals surface area (Å²) in [6.45, 7) is 6.63. The molecule has 112 valence electrons. The molecule has 0 aromatic carbocycles. The SMILES string of the molecule is CCCNC(=O)C(C)Nc1cc(NC)nc(CCC)n1. The van der Waals surface area contributed by atoms with Crippen molar-refractivity contribution in [2.75, 3.05) is 24.2 Å². The van der Waals surface area contributed by atoms with Gasteiger partial charge in [-0.1, -0.05) is 13.8 Å². The zero-order chi connectivity index (χ0) is 15.0. The number of nitrogens with one attached hydrogen (secondary N) is 3. The van der Waals surface area contributed by atoms with Crippen LogP contribution < -0.4 is 16.0 Å². The topological polar surface area (TPSA) is 78.9 Å². The van der Waals surface area contributed by atoms with Crippen molar-refractivity contribution in [1.82, 2.24) is 15.3 Å². The van der Waals surface area contributed by atoms with E-state index in [1.165, 1.54) is 0 Å². The molecule has 6 nitrogen and oxygen atoms in total. The van der Waals surface area contributed by atoms with Gasteiger partial charge < -0.3 is 16.0 Å². The fourth-order valence-electron chi connectivity index (χ4n) is 1.72. The third-order valence-corrected chi connectivity index (χ3v) is 2.81. The second-order valence-electron chi connectivity index (χ2n) is 4.71. The Hall–Kier alpha value is -1.85. The smallest absolute Gasteiger partial charge is 0.242 e. The van der Waals surface area contributed by atoms with Gasteiger partial charge in [0.15, 0.2) is 0 Å². The maximum absolute atomic E-state index is 11.8. The fourth-order valence-corrected chi connectivity index (χ4v) is 1.72. The molecule has 20 heavy (non-hydrogen) atoms. The highest BCUT2D eigenvalue weighted by Gasteiger charge is 2.13. The van der Waals surface area contributed by atoms with Gasteiger partial charge in [0.2, 0.25) is 5.91 Å². The lowest BCUT2D eigenvalue weighted by atomic mass is 10.3. The van der Waals surface area contributed by atoms with E-state index >= 15 is 0 Å². The van der Waals surface area contributed by atoms with Crippen molar-refractivity contribution in [1.29, 1.82) is 0 Å². The molecule has 1 atom stereocenters. The Morgan fingerprint density at radius 3 is 2.55 bits per heavy atom. The van der Waals surface area contributed by atoms with Crippen LogP contribution in [0.15, 0.2) is 6.07 Å². The Morgan fingerprint density at radius 2 is 1.95 bits per heavy atom. The summed E-state index contributed by atoms with van der Waals surface area (Å²) in [5.74, 6) is 2.19. The summed E-state index contributed by atoms with van der Waals surface area (Å²) in [6, 6.07) is 1.48. The lowest BCUT2D eigenvalue weighted by Gasteiger charge is -2.15. The molecule has 0 bridgehead atoms. The normalized spacial score (nSPS) is 11.8. The Labute approximate surface area is 120 Å². The van der Waals surface area contributed by atoms with E-state index in [0.29, 0.717) is 12.4 Å². The van der Waals surface area contributed by atoms with Crippen LogP contribution in [0.3, 0.4) is 0 Å². The molecule has 0 saturated heterocycles. The number of hydrogen-bond acceptors (Lipinski definition) is 5. The van der Waals surface area contributed by atoms with E-state index in [1.807, 2.05) is 27.0 Å². The molecular weight excluding hydrogens is 254 g/mol. The predicted octanol–water partition coefficient (Wildman–Crippen LogP) is 1.80. The first-order chi connectivity index (χ1) is 9.60. The van der Waals surface area contributed by atoms with Gasteiger partial charge in [0.25, 0.3) is 0 Å². The number of aromatic nitrogens is 2. The Bertz CT molecular complexity index is 436. The first-order valence-corrected chi connectivity index (χ1v) is 7.20. The second-order valence-corrected chi connectivity index (χ2v) is 4.71. The van der Waals surface area contributed by atoms with E-state index in [0.717, 1.165) is 30.9 Å². The molecule has 0 saturated carbocycles. The maximum Gasteiger partial charge on any atom is 0.242 e. The number of anilines is 2. The van der Waals surface area contributed by atoms with Gasteiger partial charge in [-0.3, -0.25) is 4.79 Å². The lowest BCUT2D eigenvalue weighted by Crippen LogP contribution is -2.38. The molecule has 0 aliphatic rings. The van der Waals surface area contributed by atoms with E-state index < -0.39 is 0 Å². The number of nitrogens with zero attached hydrogens (tertiary/aromatic N) is 2. The van der Waals surface area contributed by atoms with E-state index in [-0.39, 0.29) is 11.9 Å². The van der Waals surface area contributed by atoms with Crippen LogP contribution in [0, 0.1) is 0 Å². The molecule has 1 heterocycles. The van der Waals surface area contributed by atoms with Crippen LogP contribution in [0.25, 0.3) is 0 Å². The van der Waals surface area contributed by atoms with Crippen LogP contribution in [0.2, 0.25) is 0 Å². The minimum absolute atomic E-state index is 0.0199. The van der Waals surface area contributed by atoms with Crippen molar-refractivity contribution in [3.05, 3.63) is 11.9 Å². The third-order valence-electron chi connectivity index (χ3n) is 2.81. The van der Waals surface area contributed by atoms with Crippen molar-refractivity contribution in [3.63, 3.8) is 0 Å². The first kappa shape index (κ1) is 16.2. The highest BCUT2D eigenvalue weighted by molar-refractivity contribution is 5.83. The molecule has 0 radical (unpaired) electrons. The Morgan fingerprint density at radius 1 is 1.25 bits per heavy atom. The molecule has 0 aliphatic heterocycles. The van der Waals surface area contributed by atoms with E-state index in [4.69, 9.17) is 0 Å². The van der Waals surface area contributed by atoms with Gasteiger partial charge in [0.05, 0.1) is 0 Å². The van der Waals surface area contributed by atoms with Crippen LogP contribution in [0.1, 0.15) is 39.4 Å². The van der Waals surface area contributed by atoms with Crippen molar-refractivity contribution < 1.29 is 4.79 Å². The van der Waals surface area contributed by atoms with Crippen LogP contribution in [-0.2, 0) is 11.2 Å². The van der Waals surface area contributed by atoms with Crippen molar-refractivity contribution in [3.8, 4) is 0 Å². The van der Waals surface area contributed by atoms with Crippen LogP contribution >= 0.6 is 0 Å². The zero-order valence-electron chi connectivity index (χ0n) is 12.8. The van der Waals surface area contributed by atoms with Gasteiger partial charge in [-0.25, -0.2) is 9.97 Å². The molecule has 1 amide bonds. The van der Waals surface area contributed by atoms with E-state index in [9.17, 15) is 4.79 Å². The monoisotopic (exact) mass is 279 g/mol. The minimum atomic E-state index is -0.323. The largest absolute Gasteiger partial charge is 0.373 e. The number of carbonyl (C=O) groups excluding carboxylic acids is 1.